The van der Waals surface area contributed by atoms with E-state index in [0.29, 0.717) is 4.75 Å². The van der Waals surface area contributed by atoms with Crippen LogP contribution >= 0.6 is 11.8 Å². The lowest BCUT2D eigenvalue weighted by atomic mass is 10.1. The summed E-state index contributed by atoms with van der Waals surface area (Å²) in [6.45, 7) is 6.20. The Morgan fingerprint density at radius 3 is 2.76 bits per heavy atom. The van der Waals surface area contributed by atoms with Gasteiger partial charge in [0.05, 0.1) is 12.4 Å². The van der Waals surface area contributed by atoms with Crippen LogP contribution < -0.4 is 10.6 Å². The molecule has 0 aromatic carbocycles. The molecule has 5 heteroatoms. The lowest BCUT2D eigenvalue weighted by molar-refractivity contribution is 0.633. The summed E-state index contributed by atoms with van der Waals surface area (Å²) in [7, 11) is 0. The van der Waals surface area contributed by atoms with Gasteiger partial charge in [-0.2, -0.15) is 11.8 Å². The molecule has 4 nitrogen and oxygen atoms in total. The molecule has 1 aromatic heterocycles. The van der Waals surface area contributed by atoms with Gasteiger partial charge in [0.2, 0.25) is 0 Å². The molecule has 0 saturated carbocycles. The highest BCUT2D eigenvalue weighted by Gasteiger charge is 2.29. The van der Waals surface area contributed by atoms with Gasteiger partial charge in [-0.3, -0.25) is 4.98 Å². The number of anilines is 2. The maximum absolute atomic E-state index is 4.46. The number of aromatic nitrogens is 2. The Morgan fingerprint density at radius 1 is 1.35 bits per heavy atom. The number of thioether (sulfide) groups is 1. The Morgan fingerprint density at radius 2 is 2.12 bits per heavy atom. The second-order valence-corrected chi connectivity index (χ2v) is 6.26. The van der Waals surface area contributed by atoms with E-state index in [2.05, 4.69) is 46.2 Å². The quantitative estimate of drug-likeness (QED) is 0.843. The number of rotatable bonds is 5. The van der Waals surface area contributed by atoms with Crippen molar-refractivity contribution in [2.75, 3.05) is 29.5 Å². The Labute approximate surface area is 107 Å². The summed E-state index contributed by atoms with van der Waals surface area (Å²) >= 11 is 2.05. The van der Waals surface area contributed by atoms with Gasteiger partial charge in [0.25, 0.3) is 0 Å². The van der Waals surface area contributed by atoms with Crippen LogP contribution in [0.25, 0.3) is 0 Å². The molecule has 0 amide bonds. The number of nitrogens with one attached hydrogen (secondary N) is 2. The minimum Gasteiger partial charge on any atom is -0.369 e. The van der Waals surface area contributed by atoms with Crippen molar-refractivity contribution in [1.82, 2.24) is 9.97 Å². The predicted octanol–water partition coefficient (Wildman–Crippen LogP) is 2.61. The summed E-state index contributed by atoms with van der Waals surface area (Å²) in [5.74, 6) is 2.97. The average Bonchev–Trinajstić information content (AvgIpc) is 2.76. The van der Waals surface area contributed by atoms with Gasteiger partial charge in [-0.15, -0.1) is 0 Å². The minimum atomic E-state index is 0.357. The molecule has 0 bridgehead atoms. The van der Waals surface area contributed by atoms with Gasteiger partial charge in [-0.1, -0.05) is 0 Å². The molecule has 1 saturated heterocycles. The molecule has 2 N–H and O–H groups in total. The fraction of sp³-hybridized carbons (Fsp3) is 0.667. The summed E-state index contributed by atoms with van der Waals surface area (Å²) in [5.41, 5.74) is 0. The molecule has 1 aliphatic rings. The lowest BCUT2D eigenvalue weighted by Crippen LogP contribution is -2.27. The highest BCUT2D eigenvalue weighted by Crippen LogP contribution is 2.37. The van der Waals surface area contributed by atoms with Gasteiger partial charge in [-0.25, -0.2) is 4.98 Å². The van der Waals surface area contributed by atoms with Crippen molar-refractivity contribution in [3.8, 4) is 0 Å². The summed E-state index contributed by atoms with van der Waals surface area (Å²) in [4.78, 5) is 8.64. The van der Waals surface area contributed by atoms with E-state index in [4.69, 9.17) is 0 Å². The fourth-order valence-electron chi connectivity index (χ4n) is 1.97. The Kier molecular flexibility index (Phi) is 4.10. The highest BCUT2D eigenvalue weighted by atomic mass is 32.2. The molecule has 2 rings (SSSR count). The van der Waals surface area contributed by atoms with Crippen LogP contribution in [-0.2, 0) is 0 Å². The van der Waals surface area contributed by atoms with Crippen molar-refractivity contribution in [3.05, 3.63) is 12.4 Å². The largest absolute Gasteiger partial charge is 0.369 e. The van der Waals surface area contributed by atoms with E-state index < -0.39 is 0 Å². The van der Waals surface area contributed by atoms with Crippen molar-refractivity contribution in [3.63, 3.8) is 0 Å². The van der Waals surface area contributed by atoms with Crippen molar-refractivity contribution < 1.29 is 0 Å². The van der Waals surface area contributed by atoms with Crippen LogP contribution in [0, 0.1) is 0 Å². The first-order chi connectivity index (χ1) is 8.22. The van der Waals surface area contributed by atoms with Crippen LogP contribution in [0.2, 0.25) is 0 Å². The normalized spacial score (nSPS) is 23.6. The van der Waals surface area contributed by atoms with Crippen molar-refractivity contribution >= 4 is 23.4 Å². The van der Waals surface area contributed by atoms with Crippen molar-refractivity contribution in [1.29, 1.82) is 0 Å². The topological polar surface area (TPSA) is 49.8 Å². The number of hydrogen-bond acceptors (Lipinski definition) is 5. The van der Waals surface area contributed by atoms with E-state index in [9.17, 15) is 0 Å². The molecule has 17 heavy (non-hydrogen) atoms. The van der Waals surface area contributed by atoms with Gasteiger partial charge in [0, 0.05) is 17.8 Å². The summed E-state index contributed by atoms with van der Waals surface area (Å²) in [6.07, 6.45) is 6.14. The minimum absolute atomic E-state index is 0.357. The smallest absolute Gasteiger partial charge is 0.147 e. The van der Waals surface area contributed by atoms with Crippen LogP contribution in [0.1, 0.15) is 26.7 Å². The first-order valence-electron chi connectivity index (χ1n) is 6.16. The summed E-state index contributed by atoms with van der Waals surface area (Å²) in [5, 5.41) is 6.56. The Hall–Kier alpha value is -0.970. The van der Waals surface area contributed by atoms with Crippen molar-refractivity contribution in [2.45, 2.75) is 31.4 Å². The molecule has 1 fully saturated rings. The SMILES string of the molecule is CCNc1cncc(NCC2(C)CCCS2)n1. The zero-order valence-corrected chi connectivity index (χ0v) is 11.3. The maximum atomic E-state index is 4.46. The van der Waals surface area contributed by atoms with E-state index in [1.54, 1.807) is 12.4 Å². The molecule has 1 atom stereocenters. The maximum Gasteiger partial charge on any atom is 0.147 e. The zero-order chi connectivity index (χ0) is 12.1. The predicted molar refractivity (Wildman–Crippen MR) is 74.8 cm³/mol. The molecule has 1 aliphatic heterocycles. The summed E-state index contributed by atoms with van der Waals surface area (Å²) in [6, 6.07) is 0. The second kappa shape index (κ2) is 5.58. The van der Waals surface area contributed by atoms with Gasteiger partial charge in [0.1, 0.15) is 11.6 Å². The summed E-state index contributed by atoms with van der Waals surface area (Å²) < 4.78 is 0.357. The third kappa shape index (κ3) is 3.49. The van der Waals surface area contributed by atoms with Crippen LogP contribution in [0.15, 0.2) is 12.4 Å². The molecule has 0 aliphatic carbocycles. The van der Waals surface area contributed by atoms with Gasteiger partial charge in [0.15, 0.2) is 0 Å². The van der Waals surface area contributed by atoms with Crippen LogP contribution in [0.3, 0.4) is 0 Å². The molecular weight excluding hydrogens is 232 g/mol. The van der Waals surface area contributed by atoms with Gasteiger partial charge in [-0.05, 0) is 32.4 Å². The molecule has 1 unspecified atom stereocenters. The number of hydrogen-bond donors (Lipinski definition) is 2. The monoisotopic (exact) mass is 252 g/mol. The van der Waals surface area contributed by atoms with Gasteiger partial charge >= 0.3 is 0 Å². The molecule has 0 spiro atoms. The molecule has 0 radical (unpaired) electrons. The molecule has 94 valence electrons. The van der Waals surface area contributed by atoms with E-state index in [-0.39, 0.29) is 0 Å². The van der Waals surface area contributed by atoms with E-state index >= 15 is 0 Å². The van der Waals surface area contributed by atoms with Crippen LogP contribution in [0.4, 0.5) is 11.6 Å². The number of nitrogens with zero attached hydrogens (tertiary/aromatic N) is 2. The third-order valence-corrected chi connectivity index (χ3v) is 4.47. The van der Waals surface area contributed by atoms with Crippen molar-refractivity contribution in [2.24, 2.45) is 0 Å². The molecule has 2 heterocycles. The average molecular weight is 252 g/mol. The molecule has 1 aromatic rings. The lowest BCUT2D eigenvalue weighted by Gasteiger charge is -2.23. The van der Waals surface area contributed by atoms with Gasteiger partial charge < -0.3 is 10.6 Å². The zero-order valence-electron chi connectivity index (χ0n) is 10.5. The van der Waals surface area contributed by atoms with Crippen LogP contribution in [-0.4, -0.2) is 33.6 Å². The van der Waals surface area contributed by atoms with E-state index in [1.165, 1.54) is 18.6 Å². The van der Waals surface area contributed by atoms with Crippen LogP contribution in [0.5, 0.6) is 0 Å². The Balaban J connectivity index is 1.91. The first-order valence-corrected chi connectivity index (χ1v) is 7.14. The first kappa shape index (κ1) is 12.5. The standard InChI is InChI=1S/C12H20N4S/c1-3-14-10-7-13-8-11(16-10)15-9-12(2)5-4-6-17-12/h7-8H,3-6,9H2,1-2H3,(H2,14,15,16). The highest BCUT2D eigenvalue weighted by molar-refractivity contribution is 8.00. The molecular formula is C12H20N4S. The second-order valence-electron chi connectivity index (χ2n) is 4.58. The fourth-order valence-corrected chi connectivity index (χ4v) is 3.22. The van der Waals surface area contributed by atoms with E-state index in [0.717, 1.165) is 24.7 Å². The van der Waals surface area contributed by atoms with E-state index in [1.807, 2.05) is 0 Å². The third-order valence-electron chi connectivity index (χ3n) is 2.94. The Bertz CT molecular complexity index is 363.